The summed E-state index contributed by atoms with van der Waals surface area (Å²) in [5.41, 5.74) is 1.36. The Balaban J connectivity index is 2.18. The quantitative estimate of drug-likeness (QED) is 0.569. The lowest BCUT2D eigenvalue weighted by Gasteiger charge is -2.22. The lowest BCUT2D eigenvalue weighted by Crippen LogP contribution is -2.11. The molecule has 0 amide bonds. The van der Waals surface area contributed by atoms with Crippen LogP contribution in [-0.4, -0.2) is 7.28 Å². The van der Waals surface area contributed by atoms with Gasteiger partial charge < -0.3 is 0 Å². The molecule has 0 spiro atoms. The first-order valence-corrected chi connectivity index (χ1v) is 5.71. The van der Waals surface area contributed by atoms with Crippen molar-refractivity contribution in [1.29, 1.82) is 0 Å². The van der Waals surface area contributed by atoms with Crippen LogP contribution in [0.3, 0.4) is 0 Å². The van der Waals surface area contributed by atoms with Crippen LogP contribution in [0.5, 0.6) is 0 Å². The molecule has 0 N–H and O–H groups in total. The Morgan fingerprint density at radius 3 is 2.46 bits per heavy atom. The van der Waals surface area contributed by atoms with E-state index in [0.717, 1.165) is 11.7 Å². The molecule has 1 aliphatic carbocycles. The molecule has 1 heteroatoms. The molecule has 0 bridgehead atoms. The summed E-state index contributed by atoms with van der Waals surface area (Å²) in [4.78, 5) is 0. The normalized spacial score (nSPS) is 19.0. The Morgan fingerprint density at radius 2 is 1.92 bits per heavy atom. The fourth-order valence-electron chi connectivity index (χ4n) is 2.23. The van der Waals surface area contributed by atoms with Crippen LogP contribution in [0.15, 0.2) is 12.1 Å². The van der Waals surface area contributed by atoms with E-state index in [1.807, 2.05) is 0 Å². The predicted octanol–water partition coefficient (Wildman–Crippen LogP) is 4.00. The van der Waals surface area contributed by atoms with Gasteiger partial charge >= 0.3 is 0 Å². The molecule has 0 aliphatic heterocycles. The highest BCUT2D eigenvalue weighted by molar-refractivity contribution is 6.46. The average molecular weight is 177 g/mol. The van der Waals surface area contributed by atoms with Gasteiger partial charge in [0.05, 0.1) is 0 Å². The van der Waals surface area contributed by atoms with Crippen molar-refractivity contribution < 1.29 is 0 Å². The second-order valence-electron chi connectivity index (χ2n) is 4.82. The summed E-state index contributed by atoms with van der Waals surface area (Å²) in [6.07, 6.45) is 8.28. The van der Waals surface area contributed by atoms with E-state index in [4.69, 9.17) is 0 Å². The summed E-state index contributed by atoms with van der Waals surface area (Å²) in [6, 6.07) is 0. The molecule has 0 atom stereocenters. The number of allylic oxidation sites excluding steroid dienone is 1. The van der Waals surface area contributed by atoms with Gasteiger partial charge in [0.15, 0.2) is 0 Å². The van der Waals surface area contributed by atoms with Crippen molar-refractivity contribution in [3.63, 3.8) is 0 Å². The fraction of sp³-hybridized carbons (Fsp3) is 0.833. The van der Waals surface area contributed by atoms with Crippen molar-refractivity contribution in [3.8, 4) is 0 Å². The predicted molar refractivity (Wildman–Crippen MR) is 61.2 cm³/mol. The van der Waals surface area contributed by atoms with Crippen LogP contribution in [0, 0.1) is 5.92 Å². The third-order valence-corrected chi connectivity index (χ3v) is 2.79. The first-order chi connectivity index (χ1) is 6.18. The summed E-state index contributed by atoms with van der Waals surface area (Å²) in [5.74, 6) is 1.60. The summed E-state index contributed by atoms with van der Waals surface area (Å²) < 4.78 is 0. The van der Waals surface area contributed by atoms with E-state index in [9.17, 15) is 0 Å². The van der Waals surface area contributed by atoms with Crippen molar-refractivity contribution in [1.82, 2.24) is 0 Å². The summed E-state index contributed by atoms with van der Waals surface area (Å²) in [6.45, 7) is 8.66. The lowest BCUT2D eigenvalue weighted by atomic mass is 9.53. The molecule has 0 aromatic rings. The van der Waals surface area contributed by atoms with Crippen molar-refractivity contribution in [2.45, 2.75) is 58.2 Å². The van der Waals surface area contributed by atoms with E-state index in [1.165, 1.54) is 44.0 Å². The molecule has 0 unspecified atom stereocenters. The van der Waals surface area contributed by atoms with Gasteiger partial charge in [-0.1, -0.05) is 51.8 Å². The molecule has 13 heavy (non-hydrogen) atoms. The van der Waals surface area contributed by atoms with Crippen molar-refractivity contribution >= 4 is 7.28 Å². The fourth-order valence-corrected chi connectivity index (χ4v) is 2.23. The lowest BCUT2D eigenvalue weighted by molar-refractivity contribution is 0.500. The molecule has 0 nitrogen and oxygen atoms in total. The highest BCUT2D eigenvalue weighted by Gasteiger charge is 2.15. The highest BCUT2D eigenvalue weighted by atomic mass is 14.1. The van der Waals surface area contributed by atoms with Gasteiger partial charge in [0.1, 0.15) is 7.28 Å². The first-order valence-electron chi connectivity index (χ1n) is 5.71. The minimum atomic E-state index is 0.757. The van der Waals surface area contributed by atoms with E-state index in [1.54, 1.807) is 0 Å². The molecular formula is C12H22B. The largest absolute Gasteiger partial charge is 0.148 e. The maximum atomic E-state index is 4.13. The molecule has 0 saturated heterocycles. The Hall–Kier alpha value is -0.195. The molecule has 73 valence electrons. The van der Waals surface area contributed by atoms with E-state index in [2.05, 4.69) is 27.7 Å². The van der Waals surface area contributed by atoms with E-state index < -0.39 is 0 Å². The van der Waals surface area contributed by atoms with Gasteiger partial charge in [-0.3, -0.25) is 0 Å². The maximum Gasteiger partial charge on any atom is 0.148 e. The second-order valence-corrected chi connectivity index (χ2v) is 4.82. The number of rotatable bonds is 4. The van der Waals surface area contributed by atoms with Gasteiger partial charge in [-0.25, -0.2) is 0 Å². The van der Waals surface area contributed by atoms with Gasteiger partial charge in [0.2, 0.25) is 0 Å². The monoisotopic (exact) mass is 177 g/mol. The zero-order valence-corrected chi connectivity index (χ0v) is 9.18. The minimum absolute atomic E-state index is 0.757. The first kappa shape index (κ1) is 10.9. The van der Waals surface area contributed by atoms with Gasteiger partial charge in [-0.2, -0.15) is 0 Å². The third-order valence-electron chi connectivity index (χ3n) is 2.79. The molecule has 1 fully saturated rings. The van der Waals surface area contributed by atoms with E-state index in [-0.39, 0.29) is 0 Å². The van der Waals surface area contributed by atoms with Crippen molar-refractivity contribution in [2.75, 3.05) is 0 Å². The zero-order valence-electron chi connectivity index (χ0n) is 9.18. The van der Waals surface area contributed by atoms with Crippen LogP contribution >= 0.6 is 0 Å². The van der Waals surface area contributed by atoms with Gasteiger partial charge in [-0.05, 0) is 12.3 Å². The van der Waals surface area contributed by atoms with E-state index in [0.29, 0.717) is 0 Å². The maximum absolute atomic E-state index is 4.13. The van der Waals surface area contributed by atoms with Crippen molar-refractivity contribution in [3.05, 3.63) is 12.1 Å². The standard InChI is InChI=1S/C12H22B/c1-10(2)9-11(3)13-12-7-5-4-6-8-12/h10,12H,3-9H2,1-2H3. The van der Waals surface area contributed by atoms with E-state index >= 15 is 0 Å². The summed E-state index contributed by atoms with van der Waals surface area (Å²) in [5, 5.41) is 0. The van der Waals surface area contributed by atoms with Crippen LogP contribution in [0.4, 0.5) is 0 Å². The highest BCUT2D eigenvalue weighted by Crippen LogP contribution is 2.29. The van der Waals surface area contributed by atoms with Crippen LogP contribution in [-0.2, 0) is 0 Å². The molecule has 1 rings (SSSR count). The Morgan fingerprint density at radius 1 is 1.31 bits per heavy atom. The Labute approximate surface area is 84.0 Å². The Bertz CT molecular complexity index is 155. The average Bonchev–Trinajstić information content (AvgIpc) is 2.04. The molecule has 0 aromatic heterocycles. The zero-order chi connectivity index (χ0) is 9.68. The third kappa shape index (κ3) is 4.54. The van der Waals surface area contributed by atoms with Crippen LogP contribution in [0.25, 0.3) is 0 Å². The molecular weight excluding hydrogens is 155 g/mol. The summed E-state index contributed by atoms with van der Waals surface area (Å²) in [7, 11) is 2.43. The van der Waals surface area contributed by atoms with Gasteiger partial charge in [-0.15, -0.1) is 12.1 Å². The number of hydrogen-bond acceptors (Lipinski definition) is 0. The van der Waals surface area contributed by atoms with Gasteiger partial charge in [0.25, 0.3) is 0 Å². The molecule has 1 radical (unpaired) electrons. The molecule has 0 heterocycles. The summed E-state index contributed by atoms with van der Waals surface area (Å²) >= 11 is 0. The smallest absolute Gasteiger partial charge is 0.115 e. The molecule has 1 saturated carbocycles. The Kier molecular flexibility index (Phi) is 4.62. The van der Waals surface area contributed by atoms with Crippen molar-refractivity contribution in [2.24, 2.45) is 5.92 Å². The van der Waals surface area contributed by atoms with Crippen LogP contribution in [0.1, 0.15) is 52.4 Å². The van der Waals surface area contributed by atoms with Gasteiger partial charge in [0, 0.05) is 0 Å². The number of hydrogen-bond donors (Lipinski definition) is 0. The minimum Gasteiger partial charge on any atom is -0.115 e. The van der Waals surface area contributed by atoms with Crippen LogP contribution in [0.2, 0.25) is 5.82 Å². The molecule has 1 aliphatic rings. The topological polar surface area (TPSA) is 0 Å². The molecule has 0 aromatic carbocycles. The second kappa shape index (κ2) is 5.52. The van der Waals surface area contributed by atoms with Crippen LogP contribution < -0.4 is 0 Å². The SMILES string of the molecule is C=C([B]C1CCCCC1)CC(C)C.